The second-order valence-corrected chi connectivity index (χ2v) is 2.73. The predicted octanol–water partition coefficient (Wildman–Crippen LogP) is 0.784. The fraction of sp³-hybridized carbons (Fsp3) is 0.667. The van der Waals surface area contributed by atoms with Gasteiger partial charge in [-0.3, -0.25) is 9.79 Å². The summed E-state index contributed by atoms with van der Waals surface area (Å²) in [5.41, 5.74) is 5.37. The molecule has 64 valence electrons. The molecule has 0 aromatic heterocycles. The highest BCUT2D eigenvalue weighted by atomic mass is 32.2. The molecule has 0 aliphatic rings. The normalized spacial score (nSPS) is 11.3. The molecular formula is C6H13N3OS. The number of thioether (sulfide) groups is 1. The predicted molar refractivity (Wildman–Crippen MR) is 48.8 cm³/mol. The van der Waals surface area contributed by atoms with Crippen LogP contribution in [0.1, 0.15) is 13.8 Å². The van der Waals surface area contributed by atoms with Gasteiger partial charge in [-0.1, -0.05) is 0 Å². The van der Waals surface area contributed by atoms with Crippen LogP contribution in [0, 0.1) is 0 Å². The third-order valence-electron chi connectivity index (χ3n) is 0.832. The van der Waals surface area contributed by atoms with E-state index in [2.05, 4.69) is 10.3 Å². The number of hydrogen-bond donors (Lipinski definition) is 2. The van der Waals surface area contributed by atoms with Gasteiger partial charge in [0, 0.05) is 24.9 Å². The maximum absolute atomic E-state index is 10.8. The van der Waals surface area contributed by atoms with Crippen molar-refractivity contribution in [3.05, 3.63) is 0 Å². The Labute approximate surface area is 70.6 Å². The van der Waals surface area contributed by atoms with Crippen LogP contribution >= 0.6 is 11.8 Å². The van der Waals surface area contributed by atoms with E-state index in [0.29, 0.717) is 18.3 Å². The zero-order valence-corrected chi connectivity index (χ0v) is 7.57. The van der Waals surface area contributed by atoms with Gasteiger partial charge in [0.25, 0.3) is 5.24 Å². The van der Waals surface area contributed by atoms with Crippen molar-refractivity contribution in [2.45, 2.75) is 13.8 Å². The summed E-state index contributed by atoms with van der Waals surface area (Å²) in [4.78, 5) is 14.7. The molecule has 0 heterocycles. The molecule has 0 aliphatic heterocycles. The number of nitrogens with one attached hydrogen (secondary N) is 1. The number of carbonyl (C=O) groups is 1. The summed E-state index contributed by atoms with van der Waals surface area (Å²) >= 11 is 0.926. The fourth-order valence-corrected chi connectivity index (χ4v) is 1.06. The number of amides is 1. The minimum Gasteiger partial charge on any atom is -0.378 e. The molecule has 0 aliphatic carbocycles. The summed E-state index contributed by atoms with van der Waals surface area (Å²) in [6, 6.07) is 0. The van der Waals surface area contributed by atoms with Crippen LogP contribution in [0.2, 0.25) is 0 Å². The van der Waals surface area contributed by atoms with Gasteiger partial charge >= 0.3 is 0 Å². The number of nitrogens with zero attached hydrogens (tertiary/aromatic N) is 1. The van der Waals surface area contributed by atoms with E-state index >= 15 is 0 Å². The lowest BCUT2D eigenvalue weighted by Gasteiger charge is -1.99. The van der Waals surface area contributed by atoms with Crippen LogP contribution in [0.15, 0.2) is 4.99 Å². The monoisotopic (exact) mass is 175 g/mol. The maximum Gasteiger partial charge on any atom is 0.286 e. The lowest BCUT2D eigenvalue weighted by atomic mass is 10.8. The first-order valence-electron chi connectivity index (χ1n) is 3.46. The molecule has 0 bridgehead atoms. The van der Waals surface area contributed by atoms with Crippen molar-refractivity contribution in [1.82, 2.24) is 5.32 Å². The Kier molecular flexibility index (Phi) is 5.64. The Hall–Kier alpha value is -0.710. The Morgan fingerprint density at radius 3 is 2.73 bits per heavy atom. The fourth-order valence-electron chi connectivity index (χ4n) is 0.464. The SMILES string of the molecule is CCN=C(N)SC(=O)NCC. The standard InChI is InChI=1S/C6H13N3OS/c1-3-8-5(7)11-6(10)9-4-2/h3-4H2,1-2H3,(H2,7,8)(H,9,10). The van der Waals surface area contributed by atoms with Gasteiger partial charge in [-0.15, -0.1) is 0 Å². The minimum atomic E-state index is -0.151. The summed E-state index contributed by atoms with van der Waals surface area (Å²) in [5.74, 6) is 0. The number of rotatable bonds is 2. The summed E-state index contributed by atoms with van der Waals surface area (Å²) < 4.78 is 0. The molecule has 0 aromatic carbocycles. The highest BCUT2D eigenvalue weighted by molar-refractivity contribution is 8.26. The minimum absolute atomic E-state index is 0.151. The van der Waals surface area contributed by atoms with Crippen molar-refractivity contribution in [3.8, 4) is 0 Å². The lowest BCUT2D eigenvalue weighted by Crippen LogP contribution is -2.21. The van der Waals surface area contributed by atoms with Crippen LogP contribution in [0.25, 0.3) is 0 Å². The summed E-state index contributed by atoms with van der Waals surface area (Å²) in [5, 5.41) is 2.77. The van der Waals surface area contributed by atoms with Gasteiger partial charge < -0.3 is 11.1 Å². The van der Waals surface area contributed by atoms with Crippen molar-refractivity contribution in [2.75, 3.05) is 13.1 Å². The highest BCUT2D eigenvalue weighted by Crippen LogP contribution is 2.00. The zero-order chi connectivity index (χ0) is 8.69. The average Bonchev–Trinajstić information content (AvgIpc) is 1.87. The van der Waals surface area contributed by atoms with Gasteiger partial charge in [0.05, 0.1) is 0 Å². The van der Waals surface area contributed by atoms with Gasteiger partial charge in [-0.2, -0.15) is 0 Å². The third-order valence-corrected chi connectivity index (χ3v) is 1.50. The van der Waals surface area contributed by atoms with Crippen molar-refractivity contribution in [1.29, 1.82) is 0 Å². The first-order valence-corrected chi connectivity index (χ1v) is 4.28. The molecule has 0 saturated carbocycles. The smallest absolute Gasteiger partial charge is 0.286 e. The lowest BCUT2D eigenvalue weighted by molar-refractivity contribution is 0.261. The Morgan fingerprint density at radius 1 is 1.64 bits per heavy atom. The molecule has 0 fully saturated rings. The Balaban J connectivity index is 3.66. The summed E-state index contributed by atoms with van der Waals surface area (Å²) in [7, 11) is 0. The van der Waals surface area contributed by atoms with E-state index in [1.165, 1.54) is 0 Å². The van der Waals surface area contributed by atoms with Crippen LogP contribution in [0.5, 0.6) is 0 Å². The molecule has 0 rings (SSSR count). The zero-order valence-electron chi connectivity index (χ0n) is 6.76. The molecule has 4 nitrogen and oxygen atoms in total. The second-order valence-electron chi connectivity index (χ2n) is 1.73. The highest BCUT2D eigenvalue weighted by Gasteiger charge is 2.01. The molecule has 0 unspecified atom stereocenters. The van der Waals surface area contributed by atoms with Crippen molar-refractivity contribution in [3.63, 3.8) is 0 Å². The van der Waals surface area contributed by atoms with Crippen LogP contribution in [-0.2, 0) is 0 Å². The Bertz CT molecular complexity index is 158. The van der Waals surface area contributed by atoms with E-state index in [-0.39, 0.29) is 5.24 Å². The van der Waals surface area contributed by atoms with Crippen LogP contribution in [-0.4, -0.2) is 23.5 Å². The number of aliphatic imine (C=N–C) groups is 1. The van der Waals surface area contributed by atoms with E-state index in [0.717, 1.165) is 11.8 Å². The first-order chi connectivity index (χ1) is 5.20. The maximum atomic E-state index is 10.8. The van der Waals surface area contributed by atoms with Crippen LogP contribution < -0.4 is 11.1 Å². The number of hydrogen-bond acceptors (Lipinski definition) is 3. The van der Waals surface area contributed by atoms with Gasteiger partial charge in [0.1, 0.15) is 0 Å². The number of carbonyl (C=O) groups excluding carboxylic acids is 1. The van der Waals surface area contributed by atoms with Crippen molar-refractivity contribution >= 4 is 22.2 Å². The van der Waals surface area contributed by atoms with Crippen LogP contribution in [0.4, 0.5) is 4.79 Å². The molecule has 0 saturated heterocycles. The van der Waals surface area contributed by atoms with Gasteiger partial charge in [0.15, 0.2) is 5.17 Å². The molecule has 5 heteroatoms. The summed E-state index contributed by atoms with van der Waals surface area (Å²) in [6.45, 7) is 4.94. The van der Waals surface area contributed by atoms with E-state index in [4.69, 9.17) is 5.73 Å². The molecule has 0 aromatic rings. The topological polar surface area (TPSA) is 67.5 Å². The molecule has 11 heavy (non-hydrogen) atoms. The molecular weight excluding hydrogens is 162 g/mol. The van der Waals surface area contributed by atoms with Crippen LogP contribution in [0.3, 0.4) is 0 Å². The van der Waals surface area contributed by atoms with Crippen molar-refractivity contribution < 1.29 is 4.79 Å². The first kappa shape index (κ1) is 10.3. The van der Waals surface area contributed by atoms with Gasteiger partial charge in [0.2, 0.25) is 0 Å². The summed E-state index contributed by atoms with van der Waals surface area (Å²) in [6.07, 6.45) is 0. The van der Waals surface area contributed by atoms with E-state index in [1.807, 2.05) is 13.8 Å². The van der Waals surface area contributed by atoms with Crippen molar-refractivity contribution in [2.24, 2.45) is 10.7 Å². The molecule has 3 N–H and O–H groups in total. The second kappa shape index (κ2) is 6.03. The largest absolute Gasteiger partial charge is 0.378 e. The number of nitrogens with two attached hydrogens (primary N) is 1. The van der Waals surface area contributed by atoms with E-state index in [1.54, 1.807) is 0 Å². The molecule has 0 radical (unpaired) electrons. The molecule has 0 spiro atoms. The number of amidine groups is 1. The molecule has 0 atom stereocenters. The molecule has 1 amide bonds. The average molecular weight is 175 g/mol. The van der Waals surface area contributed by atoms with E-state index in [9.17, 15) is 4.79 Å². The quantitative estimate of drug-likeness (QED) is 0.481. The van der Waals surface area contributed by atoms with Gasteiger partial charge in [-0.05, 0) is 13.8 Å². The third kappa shape index (κ3) is 5.72. The Morgan fingerprint density at radius 2 is 2.27 bits per heavy atom. The van der Waals surface area contributed by atoms with E-state index < -0.39 is 0 Å². The van der Waals surface area contributed by atoms with Gasteiger partial charge in [-0.25, -0.2) is 0 Å².